The van der Waals surface area contributed by atoms with E-state index in [1.54, 1.807) is 0 Å². The Bertz CT molecular complexity index is 160. The number of nitrogens with zero attached hydrogens (tertiary/aromatic N) is 1. The van der Waals surface area contributed by atoms with E-state index in [1.807, 2.05) is 0 Å². The molecule has 2 fully saturated rings. The summed E-state index contributed by atoms with van der Waals surface area (Å²) >= 11 is 0. The summed E-state index contributed by atoms with van der Waals surface area (Å²) in [5, 5.41) is 3.45. The maximum absolute atomic E-state index is 3.45. The summed E-state index contributed by atoms with van der Waals surface area (Å²) in [7, 11) is 0. The predicted octanol–water partition coefficient (Wildman–Crippen LogP) is 1.72. The van der Waals surface area contributed by atoms with Crippen molar-refractivity contribution in [1.29, 1.82) is 0 Å². The van der Waals surface area contributed by atoms with Gasteiger partial charge in [-0.2, -0.15) is 0 Å². The van der Waals surface area contributed by atoms with Crippen molar-refractivity contribution in [2.24, 2.45) is 11.8 Å². The summed E-state index contributed by atoms with van der Waals surface area (Å²) in [6.07, 6.45) is 5.79. The molecule has 1 saturated heterocycles. The lowest BCUT2D eigenvalue weighted by Gasteiger charge is -2.21. The molecule has 1 saturated carbocycles. The van der Waals surface area contributed by atoms with Crippen LogP contribution in [0.25, 0.3) is 0 Å². The molecule has 1 heterocycles. The van der Waals surface area contributed by atoms with Gasteiger partial charge in [0.2, 0.25) is 0 Å². The first kappa shape index (κ1) is 10.4. The zero-order valence-corrected chi connectivity index (χ0v) is 9.47. The van der Waals surface area contributed by atoms with Crippen LogP contribution in [0.4, 0.5) is 0 Å². The Morgan fingerprint density at radius 2 is 2.07 bits per heavy atom. The number of hydrogen-bond acceptors (Lipinski definition) is 2. The van der Waals surface area contributed by atoms with Crippen LogP contribution >= 0.6 is 0 Å². The standard InChI is InChI=1S/C12H24N2/c1-2-14(10-12-3-4-12)8-6-11-5-7-13-9-11/h11-13H,2-10H2,1H3. The van der Waals surface area contributed by atoms with Crippen LogP contribution in [0.15, 0.2) is 0 Å². The minimum atomic E-state index is 0.961. The van der Waals surface area contributed by atoms with E-state index in [0.717, 1.165) is 11.8 Å². The molecular formula is C12H24N2. The van der Waals surface area contributed by atoms with Crippen LogP contribution in [0.1, 0.15) is 32.6 Å². The minimum absolute atomic E-state index is 0.961. The van der Waals surface area contributed by atoms with E-state index < -0.39 is 0 Å². The molecule has 1 aliphatic carbocycles. The van der Waals surface area contributed by atoms with Gasteiger partial charge in [-0.05, 0) is 63.7 Å². The minimum Gasteiger partial charge on any atom is -0.316 e. The third kappa shape index (κ3) is 3.25. The summed E-state index contributed by atoms with van der Waals surface area (Å²) in [5.74, 6) is 2.01. The summed E-state index contributed by atoms with van der Waals surface area (Å²) in [6, 6.07) is 0. The van der Waals surface area contributed by atoms with Crippen LogP contribution in [0.5, 0.6) is 0 Å². The van der Waals surface area contributed by atoms with Crippen LogP contribution in [-0.2, 0) is 0 Å². The summed E-state index contributed by atoms with van der Waals surface area (Å²) in [6.45, 7) is 8.77. The fourth-order valence-corrected chi connectivity index (χ4v) is 2.37. The molecule has 1 unspecified atom stereocenters. The third-order valence-electron chi connectivity index (χ3n) is 3.68. The highest BCUT2D eigenvalue weighted by Gasteiger charge is 2.24. The molecule has 1 N–H and O–H groups in total. The molecule has 0 aromatic carbocycles. The van der Waals surface area contributed by atoms with Gasteiger partial charge in [0.15, 0.2) is 0 Å². The van der Waals surface area contributed by atoms with Gasteiger partial charge in [-0.3, -0.25) is 0 Å². The molecule has 2 nitrogen and oxygen atoms in total. The second-order valence-corrected chi connectivity index (χ2v) is 4.98. The van der Waals surface area contributed by atoms with E-state index in [4.69, 9.17) is 0 Å². The monoisotopic (exact) mass is 196 g/mol. The second-order valence-electron chi connectivity index (χ2n) is 4.98. The molecule has 0 bridgehead atoms. The van der Waals surface area contributed by atoms with Crippen LogP contribution in [0, 0.1) is 11.8 Å². The largest absolute Gasteiger partial charge is 0.316 e. The summed E-state index contributed by atoms with van der Waals surface area (Å²) in [5.41, 5.74) is 0. The number of hydrogen-bond donors (Lipinski definition) is 1. The highest BCUT2D eigenvalue weighted by Crippen LogP contribution is 2.29. The summed E-state index contributed by atoms with van der Waals surface area (Å²) in [4.78, 5) is 2.65. The Kier molecular flexibility index (Phi) is 3.82. The molecule has 2 rings (SSSR count). The van der Waals surface area contributed by atoms with Crippen LogP contribution < -0.4 is 5.32 Å². The topological polar surface area (TPSA) is 15.3 Å². The quantitative estimate of drug-likeness (QED) is 0.696. The van der Waals surface area contributed by atoms with Gasteiger partial charge >= 0.3 is 0 Å². The fraction of sp³-hybridized carbons (Fsp3) is 1.00. The highest BCUT2D eigenvalue weighted by molar-refractivity contribution is 4.78. The van der Waals surface area contributed by atoms with E-state index in [-0.39, 0.29) is 0 Å². The van der Waals surface area contributed by atoms with Crippen LogP contribution in [0.3, 0.4) is 0 Å². The van der Waals surface area contributed by atoms with E-state index in [9.17, 15) is 0 Å². The lowest BCUT2D eigenvalue weighted by molar-refractivity contribution is 0.256. The SMILES string of the molecule is CCN(CCC1CCNC1)CC1CC1. The first-order chi connectivity index (χ1) is 6.88. The Morgan fingerprint density at radius 1 is 1.21 bits per heavy atom. The van der Waals surface area contributed by atoms with Crippen molar-refractivity contribution in [1.82, 2.24) is 10.2 Å². The van der Waals surface area contributed by atoms with Gasteiger partial charge in [-0.15, -0.1) is 0 Å². The Labute approximate surface area is 88.1 Å². The van der Waals surface area contributed by atoms with E-state index >= 15 is 0 Å². The highest BCUT2D eigenvalue weighted by atomic mass is 15.1. The van der Waals surface area contributed by atoms with Gasteiger partial charge in [0, 0.05) is 6.54 Å². The Morgan fingerprint density at radius 3 is 2.64 bits per heavy atom. The average Bonchev–Trinajstić information content (AvgIpc) is 2.86. The first-order valence-electron chi connectivity index (χ1n) is 6.31. The van der Waals surface area contributed by atoms with Crippen molar-refractivity contribution < 1.29 is 0 Å². The van der Waals surface area contributed by atoms with Gasteiger partial charge in [0.1, 0.15) is 0 Å². The normalized spacial score (nSPS) is 27.4. The smallest absolute Gasteiger partial charge is 0.000954 e. The van der Waals surface area contributed by atoms with Crippen molar-refractivity contribution in [3.05, 3.63) is 0 Å². The van der Waals surface area contributed by atoms with Crippen LogP contribution in [-0.4, -0.2) is 37.6 Å². The zero-order valence-electron chi connectivity index (χ0n) is 9.47. The lowest BCUT2D eigenvalue weighted by atomic mass is 10.0. The lowest BCUT2D eigenvalue weighted by Crippen LogP contribution is -2.28. The van der Waals surface area contributed by atoms with E-state index in [1.165, 1.54) is 58.4 Å². The van der Waals surface area contributed by atoms with Crippen molar-refractivity contribution >= 4 is 0 Å². The molecule has 0 aromatic heterocycles. The van der Waals surface area contributed by atoms with Crippen molar-refractivity contribution in [2.45, 2.75) is 32.6 Å². The van der Waals surface area contributed by atoms with Crippen molar-refractivity contribution in [3.63, 3.8) is 0 Å². The number of nitrogens with one attached hydrogen (secondary N) is 1. The maximum atomic E-state index is 3.45. The van der Waals surface area contributed by atoms with Gasteiger partial charge < -0.3 is 10.2 Å². The van der Waals surface area contributed by atoms with E-state index in [0.29, 0.717) is 0 Å². The van der Waals surface area contributed by atoms with Crippen molar-refractivity contribution in [3.8, 4) is 0 Å². The van der Waals surface area contributed by atoms with Crippen molar-refractivity contribution in [2.75, 3.05) is 32.7 Å². The molecule has 82 valence electrons. The molecule has 14 heavy (non-hydrogen) atoms. The molecule has 0 aromatic rings. The van der Waals surface area contributed by atoms with Gasteiger partial charge in [-0.25, -0.2) is 0 Å². The summed E-state index contributed by atoms with van der Waals surface area (Å²) < 4.78 is 0. The molecule has 0 radical (unpaired) electrons. The predicted molar refractivity (Wildman–Crippen MR) is 60.4 cm³/mol. The Balaban J connectivity index is 1.60. The third-order valence-corrected chi connectivity index (χ3v) is 3.68. The molecule has 0 spiro atoms. The van der Waals surface area contributed by atoms with Gasteiger partial charge in [-0.1, -0.05) is 6.92 Å². The van der Waals surface area contributed by atoms with Gasteiger partial charge in [0.25, 0.3) is 0 Å². The van der Waals surface area contributed by atoms with Gasteiger partial charge in [0.05, 0.1) is 0 Å². The maximum Gasteiger partial charge on any atom is 0.000954 e. The molecular weight excluding hydrogens is 172 g/mol. The number of rotatable bonds is 6. The zero-order chi connectivity index (χ0) is 9.80. The van der Waals surface area contributed by atoms with E-state index in [2.05, 4.69) is 17.1 Å². The fourth-order valence-electron chi connectivity index (χ4n) is 2.37. The van der Waals surface area contributed by atoms with Crippen LogP contribution in [0.2, 0.25) is 0 Å². The average molecular weight is 196 g/mol. The second kappa shape index (κ2) is 5.13. The molecule has 2 aliphatic rings. The molecule has 1 aliphatic heterocycles. The Hall–Kier alpha value is -0.0800. The molecule has 2 heteroatoms. The first-order valence-corrected chi connectivity index (χ1v) is 6.31. The molecule has 1 atom stereocenters. The molecule has 0 amide bonds.